The predicted molar refractivity (Wildman–Crippen MR) is 100 cm³/mol. The molecule has 8 heteroatoms. The number of nitrogens with zero attached hydrogens (tertiary/aromatic N) is 2. The molecule has 0 aliphatic carbocycles. The Labute approximate surface area is 153 Å². The van der Waals surface area contributed by atoms with Crippen molar-refractivity contribution in [3.05, 3.63) is 87.6 Å². The minimum atomic E-state index is -0.585. The molecule has 0 unspecified atom stereocenters. The summed E-state index contributed by atoms with van der Waals surface area (Å²) in [5, 5.41) is 16.7. The first-order valence-electron chi connectivity index (χ1n) is 7.56. The molecule has 0 atom stereocenters. The van der Waals surface area contributed by atoms with Crippen LogP contribution in [0.5, 0.6) is 0 Å². The SMILES string of the molecule is O=C(Nc1ccc(Nc2ccccc2)nc1)c1cc([N+](=O)[O-])ccc1Cl. The number of aromatic nitrogens is 1. The zero-order valence-corrected chi connectivity index (χ0v) is 14.1. The molecule has 2 N–H and O–H groups in total. The summed E-state index contributed by atoms with van der Waals surface area (Å²) in [6.45, 7) is 0. The minimum Gasteiger partial charge on any atom is -0.340 e. The zero-order valence-electron chi connectivity index (χ0n) is 13.3. The molecule has 0 spiro atoms. The van der Waals surface area contributed by atoms with Crippen molar-refractivity contribution in [2.24, 2.45) is 0 Å². The van der Waals surface area contributed by atoms with Crippen LogP contribution in [-0.4, -0.2) is 15.8 Å². The molecule has 1 heterocycles. The number of rotatable bonds is 5. The van der Waals surface area contributed by atoms with Crippen LogP contribution in [0.25, 0.3) is 0 Å². The summed E-state index contributed by atoms with van der Waals surface area (Å²) in [6.07, 6.45) is 1.48. The van der Waals surface area contributed by atoms with E-state index < -0.39 is 10.8 Å². The molecule has 0 fully saturated rings. The maximum absolute atomic E-state index is 12.3. The fourth-order valence-electron chi connectivity index (χ4n) is 2.21. The number of anilines is 3. The van der Waals surface area contributed by atoms with Crippen LogP contribution in [0.3, 0.4) is 0 Å². The van der Waals surface area contributed by atoms with Gasteiger partial charge in [-0.1, -0.05) is 29.8 Å². The summed E-state index contributed by atoms with van der Waals surface area (Å²) in [6, 6.07) is 16.6. The molecule has 1 aromatic heterocycles. The molecule has 0 saturated heterocycles. The molecular weight excluding hydrogens is 356 g/mol. The van der Waals surface area contributed by atoms with Crippen molar-refractivity contribution in [2.45, 2.75) is 0 Å². The lowest BCUT2D eigenvalue weighted by Crippen LogP contribution is -2.13. The molecule has 3 rings (SSSR count). The Morgan fingerprint density at radius 2 is 1.81 bits per heavy atom. The van der Waals surface area contributed by atoms with Gasteiger partial charge in [-0.25, -0.2) is 4.98 Å². The van der Waals surface area contributed by atoms with Gasteiger partial charge in [0.25, 0.3) is 11.6 Å². The average molecular weight is 369 g/mol. The first-order chi connectivity index (χ1) is 12.5. The Morgan fingerprint density at radius 1 is 1.04 bits per heavy atom. The van der Waals surface area contributed by atoms with E-state index in [1.807, 2.05) is 30.3 Å². The smallest absolute Gasteiger partial charge is 0.270 e. The van der Waals surface area contributed by atoms with E-state index in [9.17, 15) is 14.9 Å². The molecule has 130 valence electrons. The monoisotopic (exact) mass is 368 g/mol. The van der Waals surface area contributed by atoms with Gasteiger partial charge in [-0.2, -0.15) is 0 Å². The maximum atomic E-state index is 12.3. The molecule has 26 heavy (non-hydrogen) atoms. The summed E-state index contributed by atoms with van der Waals surface area (Å²) in [5.41, 5.74) is 1.14. The lowest BCUT2D eigenvalue weighted by molar-refractivity contribution is -0.384. The van der Waals surface area contributed by atoms with Gasteiger partial charge in [0.2, 0.25) is 0 Å². The third-order valence-corrected chi connectivity index (χ3v) is 3.80. The number of pyridine rings is 1. The molecule has 0 aliphatic heterocycles. The number of nitro groups is 1. The normalized spacial score (nSPS) is 10.2. The Morgan fingerprint density at radius 3 is 2.46 bits per heavy atom. The van der Waals surface area contributed by atoms with Gasteiger partial charge in [0.15, 0.2) is 0 Å². The number of halogens is 1. The highest BCUT2D eigenvalue weighted by Crippen LogP contribution is 2.23. The van der Waals surface area contributed by atoms with Crippen molar-refractivity contribution in [1.29, 1.82) is 0 Å². The number of carbonyl (C=O) groups excluding carboxylic acids is 1. The van der Waals surface area contributed by atoms with Crippen molar-refractivity contribution in [2.75, 3.05) is 10.6 Å². The van der Waals surface area contributed by atoms with E-state index >= 15 is 0 Å². The molecule has 2 aromatic carbocycles. The number of nitro benzene ring substituents is 1. The van der Waals surface area contributed by atoms with Gasteiger partial charge in [-0.05, 0) is 30.3 Å². The fraction of sp³-hybridized carbons (Fsp3) is 0. The lowest BCUT2D eigenvalue weighted by Gasteiger charge is -2.08. The van der Waals surface area contributed by atoms with Crippen molar-refractivity contribution >= 4 is 40.4 Å². The molecule has 3 aromatic rings. The standard InChI is InChI=1S/C18H13ClN4O3/c19-16-8-7-14(23(25)26)10-15(16)18(24)22-13-6-9-17(20-11-13)21-12-4-2-1-3-5-12/h1-11H,(H,20,21)(H,22,24). The topological polar surface area (TPSA) is 97.2 Å². The molecule has 0 aliphatic rings. The molecular formula is C18H13ClN4O3. The summed E-state index contributed by atoms with van der Waals surface area (Å²) in [5.74, 6) is 0.0619. The first kappa shape index (κ1) is 17.4. The number of amides is 1. The van der Waals surface area contributed by atoms with Gasteiger partial charge >= 0.3 is 0 Å². The predicted octanol–water partition coefficient (Wildman–Crippen LogP) is 4.64. The van der Waals surface area contributed by atoms with Crippen LogP contribution in [0.4, 0.5) is 22.9 Å². The number of non-ortho nitro benzene ring substituents is 1. The third kappa shape index (κ3) is 4.14. The van der Waals surface area contributed by atoms with Crippen LogP contribution in [0.15, 0.2) is 66.9 Å². The number of benzene rings is 2. The Hall–Kier alpha value is -3.45. The number of nitrogens with one attached hydrogen (secondary N) is 2. The Kier molecular flexibility index (Phi) is 5.09. The summed E-state index contributed by atoms with van der Waals surface area (Å²) < 4.78 is 0. The average Bonchev–Trinajstić information content (AvgIpc) is 2.64. The van der Waals surface area contributed by atoms with Crippen molar-refractivity contribution in [1.82, 2.24) is 4.98 Å². The maximum Gasteiger partial charge on any atom is 0.270 e. The number of para-hydroxylation sites is 1. The fourth-order valence-corrected chi connectivity index (χ4v) is 2.41. The first-order valence-corrected chi connectivity index (χ1v) is 7.94. The molecule has 0 radical (unpaired) electrons. The minimum absolute atomic E-state index is 0.0207. The quantitative estimate of drug-likeness (QED) is 0.505. The van der Waals surface area contributed by atoms with Crippen LogP contribution in [0.2, 0.25) is 5.02 Å². The molecule has 7 nitrogen and oxygen atoms in total. The van der Waals surface area contributed by atoms with Crippen LogP contribution >= 0.6 is 11.6 Å². The highest BCUT2D eigenvalue weighted by molar-refractivity contribution is 6.34. The van der Waals surface area contributed by atoms with E-state index in [0.29, 0.717) is 11.5 Å². The second-order valence-electron chi connectivity index (χ2n) is 5.30. The second kappa shape index (κ2) is 7.62. The molecule has 0 bridgehead atoms. The van der Waals surface area contributed by atoms with Crippen LogP contribution in [0, 0.1) is 10.1 Å². The van der Waals surface area contributed by atoms with Gasteiger partial charge < -0.3 is 10.6 Å². The van der Waals surface area contributed by atoms with Crippen molar-refractivity contribution in [3.63, 3.8) is 0 Å². The van der Waals surface area contributed by atoms with Crippen LogP contribution in [-0.2, 0) is 0 Å². The van der Waals surface area contributed by atoms with Crippen LogP contribution in [0.1, 0.15) is 10.4 Å². The van der Waals surface area contributed by atoms with E-state index in [1.165, 1.54) is 18.3 Å². The highest BCUT2D eigenvalue weighted by Gasteiger charge is 2.16. The number of hydrogen-bond acceptors (Lipinski definition) is 5. The van der Waals surface area contributed by atoms with E-state index in [0.717, 1.165) is 11.8 Å². The molecule has 1 amide bonds. The van der Waals surface area contributed by atoms with Gasteiger partial charge in [0.1, 0.15) is 5.82 Å². The summed E-state index contributed by atoms with van der Waals surface area (Å²) >= 11 is 5.97. The summed E-state index contributed by atoms with van der Waals surface area (Å²) in [7, 11) is 0. The van der Waals surface area contributed by atoms with E-state index in [4.69, 9.17) is 11.6 Å². The molecule has 0 saturated carbocycles. The van der Waals surface area contributed by atoms with Gasteiger partial charge in [0.05, 0.1) is 27.4 Å². The lowest BCUT2D eigenvalue weighted by atomic mass is 10.2. The van der Waals surface area contributed by atoms with Crippen molar-refractivity contribution < 1.29 is 9.72 Å². The largest absolute Gasteiger partial charge is 0.340 e. The Bertz CT molecular complexity index is 946. The number of carbonyl (C=O) groups is 1. The second-order valence-corrected chi connectivity index (χ2v) is 5.71. The highest BCUT2D eigenvalue weighted by atomic mass is 35.5. The Balaban J connectivity index is 1.72. The van der Waals surface area contributed by atoms with Gasteiger partial charge in [0, 0.05) is 17.8 Å². The van der Waals surface area contributed by atoms with Gasteiger partial charge in [-0.3, -0.25) is 14.9 Å². The van der Waals surface area contributed by atoms with Crippen LogP contribution < -0.4 is 10.6 Å². The van der Waals surface area contributed by atoms with E-state index in [1.54, 1.807) is 12.1 Å². The zero-order chi connectivity index (χ0) is 18.5. The summed E-state index contributed by atoms with van der Waals surface area (Å²) in [4.78, 5) is 26.8. The van der Waals surface area contributed by atoms with Crippen molar-refractivity contribution in [3.8, 4) is 0 Å². The van der Waals surface area contributed by atoms with Gasteiger partial charge in [-0.15, -0.1) is 0 Å². The number of hydrogen-bond donors (Lipinski definition) is 2. The third-order valence-electron chi connectivity index (χ3n) is 3.47. The van der Waals surface area contributed by atoms with E-state index in [2.05, 4.69) is 15.6 Å². The van der Waals surface area contributed by atoms with E-state index in [-0.39, 0.29) is 16.3 Å².